The summed E-state index contributed by atoms with van der Waals surface area (Å²) in [5.74, 6) is -0.187. The molecule has 1 aliphatic rings. The Labute approximate surface area is 143 Å². The number of hydrogen-bond acceptors (Lipinski definition) is 5. The Bertz CT molecular complexity index is 847. The van der Waals surface area contributed by atoms with E-state index in [2.05, 4.69) is 5.32 Å². The summed E-state index contributed by atoms with van der Waals surface area (Å²) >= 11 is 0. The average Bonchev–Trinajstić information content (AvgIpc) is 3.11. The number of quaternary nitrogens is 1. The Hall–Kier alpha value is -3.45. The van der Waals surface area contributed by atoms with Crippen molar-refractivity contribution in [1.82, 2.24) is 0 Å². The van der Waals surface area contributed by atoms with Gasteiger partial charge in [-0.1, -0.05) is 24.3 Å². The van der Waals surface area contributed by atoms with Gasteiger partial charge >= 0.3 is 0 Å². The first kappa shape index (κ1) is 16.4. The fourth-order valence-corrected chi connectivity index (χ4v) is 2.23. The molecular weight excluding hydrogens is 322 g/mol. The summed E-state index contributed by atoms with van der Waals surface area (Å²) in [5, 5.41) is 11.8. The molecule has 0 fully saturated rings. The maximum absolute atomic E-state index is 12.0. The number of carbonyl (C=O) groups is 2. The van der Waals surface area contributed by atoms with Crippen LogP contribution in [0.4, 0.5) is 11.4 Å². The Balaban J connectivity index is 1.58. The minimum absolute atomic E-state index is 0.160. The van der Waals surface area contributed by atoms with E-state index in [9.17, 15) is 9.59 Å². The van der Waals surface area contributed by atoms with E-state index in [1.165, 1.54) is 12.3 Å². The molecule has 7 nitrogen and oxygen atoms in total. The fraction of sp³-hybridized carbons (Fsp3) is 0.0556. The van der Waals surface area contributed by atoms with Gasteiger partial charge in [-0.05, 0) is 18.2 Å². The molecule has 0 atom stereocenters. The van der Waals surface area contributed by atoms with Gasteiger partial charge in [0.25, 0.3) is 5.91 Å². The first-order valence-corrected chi connectivity index (χ1v) is 7.54. The van der Waals surface area contributed by atoms with E-state index in [0.29, 0.717) is 17.2 Å². The minimum atomic E-state index is -0.752. The van der Waals surface area contributed by atoms with E-state index in [4.69, 9.17) is 14.9 Å². The van der Waals surface area contributed by atoms with Crippen LogP contribution in [0, 0.1) is 5.41 Å². The molecule has 0 aliphatic carbocycles. The molecule has 7 heteroatoms. The van der Waals surface area contributed by atoms with Crippen LogP contribution in [-0.2, 0) is 9.59 Å². The van der Waals surface area contributed by atoms with Gasteiger partial charge in [-0.2, -0.15) is 0 Å². The number of anilines is 1. The highest BCUT2D eigenvalue weighted by atomic mass is 16.7. The molecular formula is C18H16N3O4+. The number of hydrogen-bond donors (Lipinski definition) is 3. The third kappa shape index (κ3) is 3.91. The molecule has 0 saturated carbocycles. The van der Waals surface area contributed by atoms with Crippen molar-refractivity contribution in [3.8, 4) is 11.5 Å². The van der Waals surface area contributed by atoms with E-state index < -0.39 is 17.4 Å². The lowest BCUT2D eigenvalue weighted by Crippen LogP contribution is -2.71. The van der Waals surface area contributed by atoms with Crippen LogP contribution in [0.2, 0.25) is 0 Å². The summed E-state index contributed by atoms with van der Waals surface area (Å²) in [4.78, 5) is 23.9. The summed E-state index contributed by atoms with van der Waals surface area (Å²) in [6.07, 6.45) is 2.64. The molecule has 0 aromatic heterocycles. The lowest BCUT2D eigenvalue weighted by Gasteiger charge is -2.03. The molecule has 1 amide bonds. The lowest BCUT2D eigenvalue weighted by molar-refractivity contribution is -0.496. The molecule has 1 aliphatic heterocycles. The third-order valence-electron chi connectivity index (χ3n) is 3.46. The molecule has 0 unspecified atom stereocenters. The molecule has 0 bridgehead atoms. The number of nitrogens with one attached hydrogen (secondary N) is 2. The number of para-hydroxylation sites is 2. The number of carbonyl (C=O) groups excluding carboxylic acids is 2. The summed E-state index contributed by atoms with van der Waals surface area (Å²) in [5.41, 5.74) is 0.642. The van der Waals surface area contributed by atoms with Gasteiger partial charge in [0.15, 0.2) is 17.1 Å². The molecule has 0 radical (unpaired) electrons. The second kappa shape index (κ2) is 7.41. The van der Waals surface area contributed by atoms with E-state index in [-0.39, 0.29) is 6.79 Å². The largest absolute Gasteiger partial charge is 0.453 e. The zero-order chi connectivity index (χ0) is 17.6. The molecule has 0 spiro atoms. The van der Waals surface area contributed by atoms with Gasteiger partial charge < -0.3 is 14.8 Å². The van der Waals surface area contributed by atoms with E-state index >= 15 is 0 Å². The Morgan fingerprint density at radius 3 is 2.68 bits per heavy atom. The van der Waals surface area contributed by atoms with Crippen molar-refractivity contribution in [3.05, 3.63) is 60.8 Å². The smallest absolute Gasteiger partial charge is 0.277 e. The van der Waals surface area contributed by atoms with Crippen molar-refractivity contribution >= 4 is 28.8 Å². The Morgan fingerprint density at radius 1 is 1.08 bits per heavy atom. The Morgan fingerprint density at radius 2 is 1.88 bits per heavy atom. The highest BCUT2D eigenvalue weighted by molar-refractivity contribution is 6.68. The molecule has 4 N–H and O–H groups in total. The number of amides is 1. The van der Waals surface area contributed by atoms with Crippen molar-refractivity contribution in [1.29, 1.82) is 5.41 Å². The zero-order valence-corrected chi connectivity index (χ0v) is 13.2. The van der Waals surface area contributed by atoms with Crippen molar-refractivity contribution in [2.45, 2.75) is 0 Å². The third-order valence-corrected chi connectivity index (χ3v) is 3.46. The first-order chi connectivity index (χ1) is 12.1. The number of nitrogens with two attached hydrogens (primary N) is 1. The molecule has 1 heterocycles. The minimum Gasteiger partial charge on any atom is -0.453 e. The monoisotopic (exact) mass is 338 g/mol. The van der Waals surface area contributed by atoms with Crippen LogP contribution in [0.3, 0.4) is 0 Å². The van der Waals surface area contributed by atoms with Crippen LogP contribution in [0.1, 0.15) is 0 Å². The number of rotatable bonds is 6. The SMILES string of the molecule is N=C(C(=O)/C=C\[NH2+]c1cccc2c1OCO2)C(=O)Nc1ccccc1. The van der Waals surface area contributed by atoms with Gasteiger partial charge in [0.1, 0.15) is 6.20 Å². The van der Waals surface area contributed by atoms with E-state index in [0.717, 1.165) is 5.69 Å². The van der Waals surface area contributed by atoms with Gasteiger partial charge in [-0.3, -0.25) is 20.3 Å². The van der Waals surface area contributed by atoms with Crippen molar-refractivity contribution in [3.63, 3.8) is 0 Å². The first-order valence-electron chi connectivity index (χ1n) is 7.54. The van der Waals surface area contributed by atoms with Crippen LogP contribution >= 0.6 is 0 Å². The maximum atomic E-state index is 12.0. The van der Waals surface area contributed by atoms with Gasteiger partial charge in [0, 0.05) is 17.8 Å². The van der Waals surface area contributed by atoms with Crippen molar-refractivity contribution < 1.29 is 24.4 Å². The Kier molecular flexibility index (Phi) is 4.87. The highest BCUT2D eigenvalue weighted by Crippen LogP contribution is 2.36. The van der Waals surface area contributed by atoms with Crippen LogP contribution in [-0.4, -0.2) is 24.2 Å². The fourth-order valence-electron chi connectivity index (χ4n) is 2.23. The van der Waals surface area contributed by atoms with Gasteiger partial charge in [-0.15, -0.1) is 0 Å². The van der Waals surface area contributed by atoms with E-state index in [1.807, 2.05) is 12.1 Å². The number of benzene rings is 2. The lowest BCUT2D eigenvalue weighted by atomic mass is 10.2. The number of ether oxygens (including phenoxy) is 2. The van der Waals surface area contributed by atoms with Gasteiger partial charge in [-0.25, -0.2) is 0 Å². The second-order valence-electron chi connectivity index (χ2n) is 5.17. The summed E-state index contributed by atoms with van der Waals surface area (Å²) in [7, 11) is 0. The van der Waals surface area contributed by atoms with Crippen LogP contribution < -0.4 is 20.1 Å². The normalized spacial score (nSPS) is 12.2. The number of fused-ring (bicyclic) bond motifs is 1. The van der Waals surface area contributed by atoms with Crippen molar-refractivity contribution in [2.75, 3.05) is 12.1 Å². The van der Waals surface area contributed by atoms with Crippen LogP contribution in [0.5, 0.6) is 11.5 Å². The van der Waals surface area contributed by atoms with Gasteiger partial charge in [0.2, 0.25) is 18.3 Å². The topological polar surface area (TPSA) is 105 Å². The molecule has 2 aromatic carbocycles. The maximum Gasteiger partial charge on any atom is 0.277 e. The van der Waals surface area contributed by atoms with Crippen LogP contribution in [0.25, 0.3) is 0 Å². The summed E-state index contributed by atoms with van der Waals surface area (Å²) < 4.78 is 10.6. The molecule has 25 heavy (non-hydrogen) atoms. The second-order valence-corrected chi connectivity index (χ2v) is 5.17. The molecule has 126 valence electrons. The van der Waals surface area contributed by atoms with Gasteiger partial charge in [0.05, 0.1) is 0 Å². The predicted molar refractivity (Wildman–Crippen MR) is 91.1 cm³/mol. The van der Waals surface area contributed by atoms with E-state index in [1.54, 1.807) is 41.7 Å². The molecule has 3 rings (SSSR count). The summed E-state index contributed by atoms with van der Waals surface area (Å²) in [6.45, 7) is 0.160. The standard InChI is InChI=1S/C18H15N3O4/c19-16(18(23)21-12-5-2-1-3-6-12)14(22)9-10-20-13-7-4-8-15-17(13)25-11-24-15/h1-10,19-20H,11H2,(H,21,23)/p+1/b10-9-,19-16?. The van der Waals surface area contributed by atoms with Crippen LogP contribution in [0.15, 0.2) is 60.8 Å². The number of allylic oxidation sites excluding steroid dienone is 1. The zero-order valence-electron chi connectivity index (χ0n) is 13.2. The highest BCUT2D eigenvalue weighted by Gasteiger charge is 2.20. The molecule has 2 aromatic rings. The molecule has 0 saturated heterocycles. The quantitative estimate of drug-likeness (QED) is 0.320. The summed E-state index contributed by atoms with van der Waals surface area (Å²) in [6, 6.07) is 14.1. The van der Waals surface area contributed by atoms with Crippen molar-refractivity contribution in [2.24, 2.45) is 0 Å². The number of ketones is 1. The average molecular weight is 338 g/mol. The predicted octanol–water partition coefficient (Wildman–Crippen LogP) is 1.35.